The smallest absolute Gasteiger partial charge is 0.240 e. The minimum absolute atomic E-state index is 0.0312. The van der Waals surface area contributed by atoms with Gasteiger partial charge in [0.05, 0.1) is 6.10 Å². The van der Waals surface area contributed by atoms with Crippen LogP contribution in [0.3, 0.4) is 0 Å². The first kappa shape index (κ1) is 13.0. The first-order valence-electron chi connectivity index (χ1n) is 5.72. The van der Waals surface area contributed by atoms with Crippen LogP contribution in [0.2, 0.25) is 0 Å². The van der Waals surface area contributed by atoms with Crippen molar-refractivity contribution >= 4 is 11.8 Å². The SMILES string of the molecule is CC[C@@H](C(N)=O)N1C[C@@H](CC(C)O)CC1=O. The summed E-state index contributed by atoms with van der Waals surface area (Å²) in [7, 11) is 0. The van der Waals surface area contributed by atoms with Gasteiger partial charge in [0.2, 0.25) is 11.8 Å². The molecule has 1 aliphatic rings. The first-order chi connectivity index (χ1) is 7.45. The number of hydrogen-bond donors (Lipinski definition) is 2. The van der Waals surface area contributed by atoms with Gasteiger partial charge in [0.25, 0.3) is 0 Å². The van der Waals surface area contributed by atoms with Crippen LogP contribution in [-0.2, 0) is 9.59 Å². The van der Waals surface area contributed by atoms with Crippen molar-refractivity contribution in [2.45, 2.75) is 45.3 Å². The summed E-state index contributed by atoms with van der Waals surface area (Å²) < 4.78 is 0. The number of carbonyl (C=O) groups is 2. The Bertz CT molecular complexity index is 278. The Labute approximate surface area is 95.6 Å². The van der Waals surface area contributed by atoms with Crippen LogP contribution >= 0.6 is 0 Å². The third-order valence-electron chi connectivity index (χ3n) is 3.00. The van der Waals surface area contributed by atoms with E-state index in [-0.39, 0.29) is 11.8 Å². The van der Waals surface area contributed by atoms with Gasteiger partial charge in [-0.2, -0.15) is 0 Å². The Morgan fingerprint density at radius 1 is 1.69 bits per heavy atom. The second-order valence-electron chi connectivity index (χ2n) is 4.53. The van der Waals surface area contributed by atoms with Crippen LogP contribution in [0.4, 0.5) is 0 Å². The number of likely N-dealkylation sites (tertiary alicyclic amines) is 1. The zero-order chi connectivity index (χ0) is 12.3. The number of carbonyl (C=O) groups excluding carboxylic acids is 2. The van der Waals surface area contributed by atoms with Crippen LogP contribution in [0, 0.1) is 5.92 Å². The molecule has 2 amide bonds. The van der Waals surface area contributed by atoms with Crippen molar-refractivity contribution in [3.63, 3.8) is 0 Å². The number of amides is 2. The van der Waals surface area contributed by atoms with Crippen molar-refractivity contribution in [1.82, 2.24) is 4.90 Å². The van der Waals surface area contributed by atoms with Gasteiger partial charge in [-0.1, -0.05) is 6.92 Å². The summed E-state index contributed by atoms with van der Waals surface area (Å²) in [5.74, 6) is -0.342. The average Bonchev–Trinajstić information content (AvgIpc) is 2.46. The van der Waals surface area contributed by atoms with Gasteiger partial charge in [0, 0.05) is 13.0 Å². The molecular formula is C11H20N2O3. The van der Waals surface area contributed by atoms with E-state index in [1.165, 1.54) is 0 Å². The molecule has 5 nitrogen and oxygen atoms in total. The van der Waals surface area contributed by atoms with Crippen LogP contribution in [0.1, 0.15) is 33.1 Å². The topological polar surface area (TPSA) is 83.6 Å². The summed E-state index contributed by atoms with van der Waals surface area (Å²) in [6.07, 6.45) is 1.14. The number of primary amides is 1. The molecule has 0 aromatic carbocycles. The molecule has 0 saturated carbocycles. The molecule has 92 valence electrons. The Morgan fingerprint density at radius 2 is 2.31 bits per heavy atom. The molecule has 16 heavy (non-hydrogen) atoms. The molecule has 0 spiro atoms. The van der Waals surface area contributed by atoms with Crippen LogP contribution in [0.15, 0.2) is 0 Å². The number of nitrogens with two attached hydrogens (primary N) is 1. The van der Waals surface area contributed by atoms with Gasteiger partial charge in [-0.05, 0) is 25.7 Å². The number of nitrogens with zero attached hydrogens (tertiary/aromatic N) is 1. The van der Waals surface area contributed by atoms with Gasteiger partial charge in [-0.3, -0.25) is 9.59 Å². The molecule has 0 aromatic heterocycles. The quantitative estimate of drug-likeness (QED) is 0.687. The molecular weight excluding hydrogens is 208 g/mol. The molecule has 1 fully saturated rings. The second kappa shape index (κ2) is 5.30. The van der Waals surface area contributed by atoms with Gasteiger partial charge >= 0.3 is 0 Å². The molecule has 1 rings (SSSR count). The predicted octanol–water partition coefficient (Wildman–Crippen LogP) is -0.130. The lowest BCUT2D eigenvalue weighted by Gasteiger charge is -2.24. The van der Waals surface area contributed by atoms with E-state index >= 15 is 0 Å². The van der Waals surface area contributed by atoms with E-state index in [0.29, 0.717) is 25.8 Å². The number of rotatable bonds is 5. The minimum atomic E-state index is -0.494. The lowest BCUT2D eigenvalue weighted by molar-refractivity contribution is -0.136. The highest BCUT2D eigenvalue weighted by Gasteiger charge is 2.36. The second-order valence-corrected chi connectivity index (χ2v) is 4.53. The Balaban J connectivity index is 2.63. The summed E-state index contributed by atoms with van der Waals surface area (Å²) >= 11 is 0. The predicted molar refractivity (Wildman–Crippen MR) is 59.4 cm³/mol. The highest BCUT2D eigenvalue weighted by Crippen LogP contribution is 2.24. The largest absolute Gasteiger partial charge is 0.393 e. The van der Waals surface area contributed by atoms with E-state index in [4.69, 9.17) is 5.73 Å². The molecule has 0 bridgehead atoms. The molecule has 5 heteroatoms. The van der Waals surface area contributed by atoms with Gasteiger partial charge in [0.1, 0.15) is 6.04 Å². The van der Waals surface area contributed by atoms with E-state index < -0.39 is 18.1 Å². The lowest BCUT2D eigenvalue weighted by Crippen LogP contribution is -2.45. The first-order valence-corrected chi connectivity index (χ1v) is 5.72. The normalized spacial score (nSPS) is 24.6. The fourth-order valence-electron chi connectivity index (χ4n) is 2.33. The number of hydrogen-bond acceptors (Lipinski definition) is 3. The molecule has 0 aliphatic carbocycles. The molecule has 1 saturated heterocycles. The van der Waals surface area contributed by atoms with Crippen LogP contribution in [-0.4, -0.2) is 40.5 Å². The fraction of sp³-hybridized carbons (Fsp3) is 0.818. The summed E-state index contributed by atoms with van der Waals surface area (Å²) in [5.41, 5.74) is 5.25. The van der Waals surface area contributed by atoms with E-state index in [2.05, 4.69) is 0 Å². The molecule has 3 N–H and O–H groups in total. The third-order valence-corrected chi connectivity index (χ3v) is 3.00. The summed E-state index contributed by atoms with van der Waals surface area (Å²) in [6.45, 7) is 4.08. The molecule has 0 radical (unpaired) electrons. The van der Waals surface area contributed by atoms with E-state index in [0.717, 1.165) is 0 Å². The standard InChI is InChI=1S/C11H20N2O3/c1-3-9(11(12)16)13-6-8(4-7(2)14)5-10(13)15/h7-9,14H,3-6H2,1-2H3,(H2,12,16)/t7?,8-,9-/m0/s1. The zero-order valence-electron chi connectivity index (χ0n) is 9.85. The summed E-state index contributed by atoms with van der Waals surface area (Å²) in [6, 6.07) is -0.494. The number of aliphatic hydroxyl groups is 1. The Kier molecular flexibility index (Phi) is 4.29. The van der Waals surface area contributed by atoms with Crippen LogP contribution in [0.25, 0.3) is 0 Å². The van der Waals surface area contributed by atoms with Gasteiger partial charge in [-0.25, -0.2) is 0 Å². The van der Waals surface area contributed by atoms with Gasteiger partial charge in [0.15, 0.2) is 0 Å². The highest BCUT2D eigenvalue weighted by atomic mass is 16.3. The number of aliphatic hydroxyl groups excluding tert-OH is 1. The van der Waals surface area contributed by atoms with Crippen molar-refractivity contribution in [2.75, 3.05) is 6.54 Å². The van der Waals surface area contributed by atoms with Crippen molar-refractivity contribution < 1.29 is 14.7 Å². The third kappa shape index (κ3) is 2.95. The Morgan fingerprint density at radius 3 is 2.75 bits per heavy atom. The van der Waals surface area contributed by atoms with Crippen molar-refractivity contribution in [3.8, 4) is 0 Å². The van der Waals surface area contributed by atoms with Crippen molar-refractivity contribution in [1.29, 1.82) is 0 Å². The maximum absolute atomic E-state index is 11.7. The van der Waals surface area contributed by atoms with Crippen LogP contribution < -0.4 is 5.73 Å². The maximum atomic E-state index is 11.7. The highest BCUT2D eigenvalue weighted by molar-refractivity contribution is 5.87. The fourth-order valence-corrected chi connectivity index (χ4v) is 2.33. The monoisotopic (exact) mass is 228 g/mol. The lowest BCUT2D eigenvalue weighted by atomic mass is 10.0. The maximum Gasteiger partial charge on any atom is 0.240 e. The Hall–Kier alpha value is -1.10. The van der Waals surface area contributed by atoms with E-state index in [1.807, 2.05) is 6.92 Å². The molecule has 1 unspecified atom stereocenters. The molecule has 3 atom stereocenters. The van der Waals surface area contributed by atoms with Crippen molar-refractivity contribution in [3.05, 3.63) is 0 Å². The van der Waals surface area contributed by atoms with E-state index in [9.17, 15) is 14.7 Å². The molecule has 0 aromatic rings. The summed E-state index contributed by atoms with van der Waals surface area (Å²) in [4.78, 5) is 24.4. The molecule has 1 aliphatic heterocycles. The zero-order valence-corrected chi connectivity index (χ0v) is 9.85. The minimum Gasteiger partial charge on any atom is -0.393 e. The summed E-state index contributed by atoms with van der Waals surface area (Å²) in [5, 5.41) is 9.27. The average molecular weight is 228 g/mol. The van der Waals surface area contributed by atoms with Gasteiger partial charge in [-0.15, -0.1) is 0 Å². The van der Waals surface area contributed by atoms with Crippen LogP contribution in [0.5, 0.6) is 0 Å². The molecule has 1 heterocycles. The van der Waals surface area contributed by atoms with Gasteiger partial charge < -0.3 is 15.7 Å². The van der Waals surface area contributed by atoms with E-state index in [1.54, 1.807) is 11.8 Å². The van der Waals surface area contributed by atoms with Crippen molar-refractivity contribution in [2.24, 2.45) is 11.7 Å².